The molecule has 1 aromatic rings. The van der Waals surface area contributed by atoms with Crippen molar-refractivity contribution < 1.29 is 0 Å². The molecular formula is C16H25N3. The molecule has 0 radical (unpaired) electrons. The molecular weight excluding hydrogens is 234 g/mol. The molecule has 0 atom stereocenters. The molecule has 0 aromatic carbocycles. The van der Waals surface area contributed by atoms with Crippen LogP contribution in [0.4, 0.5) is 5.82 Å². The molecule has 3 heteroatoms. The quantitative estimate of drug-likeness (QED) is 0.628. The van der Waals surface area contributed by atoms with Crippen LogP contribution in [0.25, 0.3) is 0 Å². The van der Waals surface area contributed by atoms with Crippen molar-refractivity contribution in [2.45, 2.75) is 70.8 Å². The van der Waals surface area contributed by atoms with Crippen molar-refractivity contribution in [2.24, 2.45) is 0 Å². The Bertz CT molecular complexity index is 447. The molecule has 0 saturated heterocycles. The molecule has 3 nitrogen and oxygen atoms in total. The Morgan fingerprint density at radius 1 is 1.37 bits per heavy atom. The van der Waals surface area contributed by atoms with Gasteiger partial charge in [0, 0.05) is 5.92 Å². The lowest BCUT2D eigenvalue weighted by Crippen LogP contribution is -2.09. The van der Waals surface area contributed by atoms with E-state index < -0.39 is 0 Å². The number of unbranched alkanes of at least 4 members (excludes halogenated alkanes) is 2. The number of hydrogen-bond donors (Lipinski definition) is 1. The van der Waals surface area contributed by atoms with Gasteiger partial charge in [-0.05, 0) is 25.7 Å². The molecule has 104 valence electrons. The Balaban J connectivity index is 2.20. The Morgan fingerprint density at radius 2 is 2.11 bits per heavy atom. The van der Waals surface area contributed by atoms with Crippen LogP contribution in [-0.4, -0.2) is 9.55 Å². The largest absolute Gasteiger partial charge is 0.384 e. The van der Waals surface area contributed by atoms with Gasteiger partial charge in [0.05, 0.1) is 12.2 Å². The highest BCUT2D eigenvalue weighted by Gasteiger charge is 2.24. The number of rotatable bonds is 6. The van der Waals surface area contributed by atoms with Crippen molar-refractivity contribution in [1.82, 2.24) is 9.55 Å². The molecule has 1 aliphatic carbocycles. The highest BCUT2D eigenvalue weighted by atomic mass is 15.1. The summed E-state index contributed by atoms with van der Waals surface area (Å²) in [4.78, 5) is 4.82. The summed E-state index contributed by atoms with van der Waals surface area (Å²) < 4.78 is 2.07. The molecule has 0 spiro atoms. The number of terminal acetylenes is 1. The van der Waals surface area contributed by atoms with Crippen molar-refractivity contribution in [3.63, 3.8) is 0 Å². The molecule has 1 fully saturated rings. The minimum absolute atomic E-state index is 0.554. The van der Waals surface area contributed by atoms with Crippen LogP contribution in [0, 0.1) is 12.3 Å². The second-order valence-electron chi connectivity index (χ2n) is 5.53. The summed E-state index contributed by atoms with van der Waals surface area (Å²) in [5.41, 5.74) is 7.31. The molecule has 1 saturated carbocycles. The van der Waals surface area contributed by atoms with Gasteiger partial charge in [-0.2, -0.15) is 0 Å². The fourth-order valence-electron chi connectivity index (χ4n) is 3.01. The second kappa shape index (κ2) is 6.65. The van der Waals surface area contributed by atoms with Gasteiger partial charge < -0.3 is 10.3 Å². The van der Waals surface area contributed by atoms with Gasteiger partial charge in [-0.1, -0.05) is 38.5 Å². The number of aromatic nitrogens is 2. The zero-order valence-corrected chi connectivity index (χ0v) is 12.0. The molecule has 1 heterocycles. The predicted molar refractivity (Wildman–Crippen MR) is 79.9 cm³/mol. The summed E-state index contributed by atoms with van der Waals surface area (Å²) in [6.45, 7) is 2.77. The molecule has 0 unspecified atom stereocenters. The smallest absolute Gasteiger partial charge is 0.127 e. The highest BCUT2D eigenvalue weighted by Crippen LogP contribution is 2.35. The van der Waals surface area contributed by atoms with E-state index in [0.717, 1.165) is 30.2 Å². The summed E-state index contributed by atoms with van der Waals surface area (Å²) in [5, 5.41) is 0. The van der Waals surface area contributed by atoms with E-state index in [4.69, 9.17) is 17.1 Å². The first-order valence-electron chi connectivity index (χ1n) is 7.56. The van der Waals surface area contributed by atoms with Crippen LogP contribution in [-0.2, 0) is 13.0 Å². The van der Waals surface area contributed by atoms with E-state index in [1.54, 1.807) is 0 Å². The standard InChI is InChI=1S/C16H25N3/c1-3-5-6-11-14-15(17)19(12-4-2)16(18-14)13-9-7-8-10-13/h2,13H,3,5-12,17H2,1H3. The van der Waals surface area contributed by atoms with E-state index in [1.165, 1.54) is 38.5 Å². The van der Waals surface area contributed by atoms with Gasteiger partial charge in [0.2, 0.25) is 0 Å². The molecule has 2 rings (SSSR count). The molecule has 0 amide bonds. The van der Waals surface area contributed by atoms with Crippen LogP contribution in [0.1, 0.15) is 69.3 Å². The normalized spacial score (nSPS) is 15.8. The van der Waals surface area contributed by atoms with Crippen molar-refractivity contribution in [3.8, 4) is 12.3 Å². The predicted octanol–water partition coefficient (Wildman–Crippen LogP) is 3.49. The molecule has 1 aliphatic rings. The molecule has 1 aromatic heterocycles. The van der Waals surface area contributed by atoms with E-state index in [9.17, 15) is 0 Å². The van der Waals surface area contributed by atoms with Gasteiger partial charge >= 0.3 is 0 Å². The average Bonchev–Trinajstić information content (AvgIpc) is 3.02. The van der Waals surface area contributed by atoms with Gasteiger partial charge in [-0.15, -0.1) is 6.42 Å². The topological polar surface area (TPSA) is 43.8 Å². The second-order valence-corrected chi connectivity index (χ2v) is 5.53. The summed E-state index contributed by atoms with van der Waals surface area (Å²) in [7, 11) is 0. The van der Waals surface area contributed by atoms with Crippen molar-refractivity contribution in [1.29, 1.82) is 0 Å². The number of anilines is 1. The van der Waals surface area contributed by atoms with Crippen molar-refractivity contribution in [3.05, 3.63) is 11.5 Å². The number of imidazole rings is 1. The SMILES string of the molecule is C#CCn1c(C2CCCC2)nc(CCCCC)c1N. The van der Waals surface area contributed by atoms with E-state index in [1.807, 2.05) is 0 Å². The first-order valence-corrected chi connectivity index (χ1v) is 7.56. The number of nitrogen functional groups attached to an aromatic ring is 1. The van der Waals surface area contributed by atoms with Crippen LogP contribution in [0.15, 0.2) is 0 Å². The van der Waals surface area contributed by atoms with E-state index in [-0.39, 0.29) is 0 Å². The highest BCUT2D eigenvalue weighted by molar-refractivity contribution is 5.40. The van der Waals surface area contributed by atoms with Crippen LogP contribution >= 0.6 is 0 Å². The lowest BCUT2D eigenvalue weighted by Gasteiger charge is -2.11. The molecule has 0 bridgehead atoms. The average molecular weight is 259 g/mol. The third-order valence-corrected chi connectivity index (χ3v) is 4.10. The summed E-state index contributed by atoms with van der Waals surface area (Å²) in [6.07, 6.45) is 15.2. The Morgan fingerprint density at radius 3 is 2.74 bits per heavy atom. The van der Waals surface area contributed by atoms with Gasteiger partial charge in [0.15, 0.2) is 0 Å². The summed E-state index contributed by atoms with van der Waals surface area (Å²) in [6, 6.07) is 0. The maximum Gasteiger partial charge on any atom is 0.127 e. The summed E-state index contributed by atoms with van der Waals surface area (Å²) >= 11 is 0. The Kier molecular flexibility index (Phi) is 4.90. The van der Waals surface area contributed by atoms with Gasteiger partial charge in [-0.3, -0.25) is 0 Å². The fraction of sp³-hybridized carbons (Fsp3) is 0.688. The lowest BCUT2D eigenvalue weighted by molar-refractivity contribution is 0.620. The van der Waals surface area contributed by atoms with Gasteiger partial charge in [-0.25, -0.2) is 4.98 Å². The first-order chi connectivity index (χ1) is 9.27. The zero-order chi connectivity index (χ0) is 13.7. The number of nitrogens with two attached hydrogens (primary N) is 1. The Labute approximate surface area is 116 Å². The van der Waals surface area contributed by atoms with Gasteiger partial charge in [0.1, 0.15) is 11.6 Å². The van der Waals surface area contributed by atoms with Crippen molar-refractivity contribution >= 4 is 5.82 Å². The van der Waals surface area contributed by atoms with Crippen LogP contribution in [0.2, 0.25) is 0 Å². The minimum Gasteiger partial charge on any atom is -0.384 e. The first kappa shape index (κ1) is 14.0. The zero-order valence-electron chi connectivity index (χ0n) is 12.0. The third kappa shape index (κ3) is 3.12. The maximum absolute atomic E-state index is 6.24. The number of hydrogen-bond acceptors (Lipinski definition) is 2. The van der Waals surface area contributed by atoms with E-state index >= 15 is 0 Å². The maximum atomic E-state index is 6.24. The monoisotopic (exact) mass is 259 g/mol. The number of aryl methyl sites for hydroxylation is 1. The minimum atomic E-state index is 0.554. The van der Waals surface area contributed by atoms with E-state index in [0.29, 0.717) is 12.5 Å². The van der Waals surface area contributed by atoms with Crippen LogP contribution < -0.4 is 5.73 Å². The number of nitrogens with zero attached hydrogens (tertiary/aromatic N) is 2. The lowest BCUT2D eigenvalue weighted by atomic mass is 10.1. The van der Waals surface area contributed by atoms with Crippen molar-refractivity contribution in [2.75, 3.05) is 5.73 Å². The third-order valence-electron chi connectivity index (χ3n) is 4.10. The molecule has 0 aliphatic heterocycles. The fourth-order valence-corrected chi connectivity index (χ4v) is 3.01. The molecule has 2 N–H and O–H groups in total. The van der Waals surface area contributed by atoms with Crippen LogP contribution in [0.3, 0.4) is 0 Å². The van der Waals surface area contributed by atoms with Crippen LogP contribution in [0.5, 0.6) is 0 Å². The van der Waals surface area contributed by atoms with Gasteiger partial charge in [0.25, 0.3) is 0 Å². The summed E-state index contributed by atoms with van der Waals surface area (Å²) in [5.74, 6) is 5.22. The molecule has 19 heavy (non-hydrogen) atoms. The van der Waals surface area contributed by atoms with E-state index in [2.05, 4.69) is 17.4 Å². The Hall–Kier alpha value is -1.43.